The van der Waals surface area contributed by atoms with Crippen LogP contribution in [0.3, 0.4) is 0 Å². The molecule has 0 radical (unpaired) electrons. The molecule has 1 aromatic heterocycles. The van der Waals surface area contributed by atoms with Gasteiger partial charge in [-0.3, -0.25) is 4.79 Å². The number of hydrogen-bond donors (Lipinski definition) is 0. The van der Waals surface area contributed by atoms with E-state index in [1.807, 2.05) is 24.3 Å². The fourth-order valence-corrected chi connectivity index (χ4v) is 1.35. The Balaban J connectivity index is 2.14. The largest absolute Gasteiger partial charge is 0.296 e. The van der Waals surface area contributed by atoms with Gasteiger partial charge < -0.3 is 0 Å². The third-order valence-electron chi connectivity index (χ3n) is 1.93. The van der Waals surface area contributed by atoms with E-state index in [1.165, 1.54) is 0 Å². The van der Waals surface area contributed by atoms with Crippen molar-refractivity contribution < 1.29 is 4.79 Å². The van der Waals surface area contributed by atoms with E-state index in [0.717, 1.165) is 5.56 Å². The lowest BCUT2D eigenvalue weighted by molar-refractivity contribution is 0.111. The molecule has 0 saturated heterocycles. The third kappa shape index (κ3) is 2.41. The first kappa shape index (κ1) is 9.86. The molecule has 0 unspecified atom stereocenters. The summed E-state index contributed by atoms with van der Waals surface area (Å²) in [4.78, 5) is 10.4. The quantitative estimate of drug-likeness (QED) is 0.743. The van der Waals surface area contributed by atoms with Gasteiger partial charge in [0.1, 0.15) is 5.69 Å². The van der Waals surface area contributed by atoms with E-state index >= 15 is 0 Å². The number of aromatic nitrogens is 3. The Morgan fingerprint density at radius 3 is 2.67 bits per heavy atom. The summed E-state index contributed by atoms with van der Waals surface area (Å²) in [5.74, 6) is 0. The van der Waals surface area contributed by atoms with Crippen LogP contribution in [0.25, 0.3) is 0 Å². The van der Waals surface area contributed by atoms with Gasteiger partial charge in [0, 0.05) is 5.02 Å². The molecule has 0 amide bonds. The molecule has 0 bridgehead atoms. The van der Waals surface area contributed by atoms with Crippen molar-refractivity contribution in [2.24, 2.45) is 0 Å². The van der Waals surface area contributed by atoms with Crippen molar-refractivity contribution >= 4 is 17.9 Å². The van der Waals surface area contributed by atoms with E-state index in [-0.39, 0.29) is 0 Å². The number of halogens is 1. The minimum absolute atomic E-state index is 0.337. The van der Waals surface area contributed by atoms with E-state index in [1.54, 1.807) is 10.9 Å². The number of hydrogen-bond acceptors (Lipinski definition) is 3. The highest BCUT2D eigenvalue weighted by atomic mass is 35.5. The Morgan fingerprint density at radius 1 is 1.33 bits per heavy atom. The summed E-state index contributed by atoms with van der Waals surface area (Å²) in [6.07, 6.45) is 2.27. The second-order valence-corrected chi connectivity index (χ2v) is 3.52. The zero-order valence-electron chi connectivity index (χ0n) is 7.80. The van der Waals surface area contributed by atoms with E-state index in [4.69, 9.17) is 11.6 Å². The van der Waals surface area contributed by atoms with Gasteiger partial charge in [0.25, 0.3) is 0 Å². The molecule has 0 aliphatic heterocycles. The molecule has 0 N–H and O–H groups in total. The first-order chi connectivity index (χ1) is 7.28. The molecule has 1 heterocycles. The zero-order chi connectivity index (χ0) is 10.7. The number of benzene rings is 1. The average molecular weight is 222 g/mol. The summed E-state index contributed by atoms with van der Waals surface area (Å²) in [5.41, 5.74) is 1.39. The number of carbonyl (C=O) groups excluding carboxylic acids is 1. The van der Waals surface area contributed by atoms with Crippen molar-refractivity contribution in [3.05, 3.63) is 46.7 Å². The maximum Gasteiger partial charge on any atom is 0.171 e. The lowest BCUT2D eigenvalue weighted by Gasteiger charge is -2.00. The summed E-state index contributed by atoms with van der Waals surface area (Å²) in [6, 6.07) is 7.44. The maximum absolute atomic E-state index is 10.4. The number of nitrogens with zero attached hydrogens (tertiary/aromatic N) is 3. The van der Waals surface area contributed by atoms with Crippen molar-refractivity contribution in [2.45, 2.75) is 6.54 Å². The molecule has 2 rings (SSSR count). The predicted molar refractivity (Wildman–Crippen MR) is 56.0 cm³/mol. The molecule has 2 aromatic rings. The fourth-order valence-electron chi connectivity index (χ4n) is 1.22. The second-order valence-electron chi connectivity index (χ2n) is 3.09. The topological polar surface area (TPSA) is 47.8 Å². The van der Waals surface area contributed by atoms with Crippen LogP contribution in [0.1, 0.15) is 16.1 Å². The summed E-state index contributed by atoms with van der Waals surface area (Å²) in [5, 5.41) is 8.17. The van der Waals surface area contributed by atoms with Crippen LogP contribution in [0.4, 0.5) is 0 Å². The Morgan fingerprint density at radius 2 is 2.07 bits per heavy atom. The monoisotopic (exact) mass is 221 g/mol. The Labute approximate surface area is 91.5 Å². The smallest absolute Gasteiger partial charge is 0.171 e. The van der Waals surface area contributed by atoms with E-state index < -0.39 is 0 Å². The van der Waals surface area contributed by atoms with Crippen molar-refractivity contribution in [1.29, 1.82) is 0 Å². The fraction of sp³-hybridized carbons (Fsp3) is 0.100. The molecule has 0 saturated carbocycles. The molecule has 0 fully saturated rings. The molecule has 0 spiro atoms. The molecular formula is C10H8ClN3O. The SMILES string of the molecule is O=Cc1cn(Cc2ccc(Cl)cc2)nn1. The predicted octanol–water partition coefficient (Wildman–Crippen LogP) is 1.79. The number of carbonyl (C=O) groups is 1. The number of aldehydes is 1. The van der Waals surface area contributed by atoms with Gasteiger partial charge in [-0.1, -0.05) is 28.9 Å². The van der Waals surface area contributed by atoms with Gasteiger partial charge in [-0.05, 0) is 17.7 Å². The highest BCUT2D eigenvalue weighted by Gasteiger charge is 1.99. The summed E-state index contributed by atoms with van der Waals surface area (Å²) in [7, 11) is 0. The van der Waals surface area contributed by atoms with Crippen LogP contribution >= 0.6 is 11.6 Å². The molecule has 0 aliphatic carbocycles. The first-order valence-corrected chi connectivity index (χ1v) is 4.75. The van der Waals surface area contributed by atoms with Gasteiger partial charge in [-0.15, -0.1) is 5.10 Å². The van der Waals surface area contributed by atoms with Crippen LogP contribution in [-0.4, -0.2) is 21.3 Å². The van der Waals surface area contributed by atoms with Crippen molar-refractivity contribution in [3.8, 4) is 0 Å². The highest BCUT2D eigenvalue weighted by molar-refractivity contribution is 6.30. The van der Waals surface area contributed by atoms with Crippen LogP contribution in [0, 0.1) is 0 Å². The first-order valence-electron chi connectivity index (χ1n) is 4.37. The molecule has 76 valence electrons. The molecular weight excluding hydrogens is 214 g/mol. The van der Waals surface area contributed by atoms with E-state index in [0.29, 0.717) is 23.5 Å². The third-order valence-corrected chi connectivity index (χ3v) is 2.19. The zero-order valence-corrected chi connectivity index (χ0v) is 8.55. The molecule has 1 aromatic carbocycles. The van der Waals surface area contributed by atoms with Gasteiger partial charge >= 0.3 is 0 Å². The summed E-state index contributed by atoms with van der Waals surface area (Å²) >= 11 is 5.76. The van der Waals surface area contributed by atoms with Crippen LogP contribution in [0.2, 0.25) is 5.02 Å². The molecule has 15 heavy (non-hydrogen) atoms. The Kier molecular flexibility index (Phi) is 2.78. The van der Waals surface area contributed by atoms with Crippen molar-refractivity contribution in [1.82, 2.24) is 15.0 Å². The minimum atomic E-state index is 0.337. The standard InChI is InChI=1S/C10H8ClN3O/c11-9-3-1-8(2-4-9)5-14-6-10(7-15)12-13-14/h1-4,6-7H,5H2. The van der Waals surface area contributed by atoms with Gasteiger partial charge in [-0.2, -0.15) is 0 Å². The molecule has 0 aliphatic rings. The van der Waals surface area contributed by atoms with Crippen LogP contribution in [0.5, 0.6) is 0 Å². The van der Waals surface area contributed by atoms with Gasteiger partial charge in [0.2, 0.25) is 0 Å². The molecule has 4 nitrogen and oxygen atoms in total. The minimum Gasteiger partial charge on any atom is -0.296 e. The average Bonchev–Trinajstić information content (AvgIpc) is 2.69. The van der Waals surface area contributed by atoms with Crippen molar-refractivity contribution in [3.63, 3.8) is 0 Å². The summed E-state index contributed by atoms with van der Waals surface area (Å²) < 4.78 is 1.60. The second kappa shape index (κ2) is 4.23. The normalized spacial score (nSPS) is 10.2. The Hall–Kier alpha value is -1.68. The maximum atomic E-state index is 10.4. The van der Waals surface area contributed by atoms with Crippen LogP contribution < -0.4 is 0 Å². The molecule has 5 heteroatoms. The lowest BCUT2D eigenvalue weighted by Crippen LogP contribution is -1.99. The van der Waals surface area contributed by atoms with E-state index in [2.05, 4.69) is 10.3 Å². The van der Waals surface area contributed by atoms with Gasteiger partial charge in [-0.25, -0.2) is 4.68 Å². The van der Waals surface area contributed by atoms with Crippen LogP contribution in [-0.2, 0) is 6.54 Å². The van der Waals surface area contributed by atoms with E-state index in [9.17, 15) is 4.79 Å². The number of rotatable bonds is 3. The molecule has 0 atom stereocenters. The van der Waals surface area contributed by atoms with Gasteiger partial charge in [0.05, 0.1) is 12.7 Å². The van der Waals surface area contributed by atoms with Crippen LogP contribution in [0.15, 0.2) is 30.5 Å². The van der Waals surface area contributed by atoms with Crippen molar-refractivity contribution in [2.75, 3.05) is 0 Å². The lowest BCUT2D eigenvalue weighted by atomic mass is 10.2. The Bertz CT molecular complexity index is 464. The highest BCUT2D eigenvalue weighted by Crippen LogP contribution is 2.10. The summed E-state index contributed by atoms with van der Waals surface area (Å²) in [6.45, 7) is 0.581. The van der Waals surface area contributed by atoms with Gasteiger partial charge in [0.15, 0.2) is 6.29 Å².